The summed E-state index contributed by atoms with van der Waals surface area (Å²) in [7, 11) is 0. The Kier molecular flexibility index (Phi) is 3.58. The lowest BCUT2D eigenvalue weighted by Gasteiger charge is -2.09. The molecule has 0 aliphatic heterocycles. The van der Waals surface area contributed by atoms with Gasteiger partial charge in [-0.15, -0.1) is 0 Å². The second kappa shape index (κ2) is 5.69. The molecular formula is C18H15N3. The number of fused-ring (bicyclic) bond motifs is 1. The highest BCUT2D eigenvalue weighted by Gasteiger charge is 2.10. The Morgan fingerprint density at radius 2 is 1.71 bits per heavy atom. The molecule has 0 unspecified atom stereocenters. The lowest BCUT2D eigenvalue weighted by molar-refractivity contribution is 0.911. The monoisotopic (exact) mass is 273 g/mol. The van der Waals surface area contributed by atoms with E-state index in [0.29, 0.717) is 11.1 Å². The Balaban J connectivity index is 1.73. The van der Waals surface area contributed by atoms with Crippen LogP contribution in [0.3, 0.4) is 0 Å². The summed E-state index contributed by atoms with van der Waals surface area (Å²) >= 11 is 0. The molecule has 0 aromatic heterocycles. The topological polar surface area (TPSA) is 59.6 Å². The number of aryl methyl sites for hydroxylation is 2. The number of hydrogen-bond acceptors (Lipinski definition) is 3. The molecule has 0 spiro atoms. The molecule has 0 heterocycles. The van der Waals surface area contributed by atoms with Gasteiger partial charge in [-0.3, -0.25) is 0 Å². The molecule has 2 aromatic carbocycles. The van der Waals surface area contributed by atoms with E-state index in [0.717, 1.165) is 12.2 Å². The van der Waals surface area contributed by atoms with Crippen LogP contribution in [-0.4, -0.2) is 0 Å². The third-order valence-electron chi connectivity index (χ3n) is 3.92. The van der Waals surface area contributed by atoms with Gasteiger partial charge in [0.1, 0.15) is 12.1 Å². The van der Waals surface area contributed by atoms with E-state index >= 15 is 0 Å². The van der Waals surface area contributed by atoms with Gasteiger partial charge in [-0.05, 0) is 54.2 Å². The molecule has 1 N–H and O–H groups in total. The fourth-order valence-corrected chi connectivity index (χ4v) is 2.78. The van der Waals surface area contributed by atoms with E-state index in [1.165, 1.54) is 36.0 Å². The van der Waals surface area contributed by atoms with Gasteiger partial charge in [0.2, 0.25) is 0 Å². The van der Waals surface area contributed by atoms with Crippen LogP contribution in [0.1, 0.15) is 34.2 Å². The van der Waals surface area contributed by atoms with Gasteiger partial charge in [0.25, 0.3) is 0 Å². The number of nitrogens with one attached hydrogen (secondary N) is 1. The number of anilines is 1. The molecule has 21 heavy (non-hydrogen) atoms. The van der Waals surface area contributed by atoms with E-state index < -0.39 is 0 Å². The zero-order chi connectivity index (χ0) is 14.7. The van der Waals surface area contributed by atoms with Gasteiger partial charge < -0.3 is 5.32 Å². The highest BCUT2D eigenvalue weighted by molar-refractivity contribution is 5.56. The van der Waals surface area contributed by atoms with Gasteiger partial charge in [-0.25, -0.2) is 0 Å². The summed E-state index contributed by atoms with van der Waals surface area (Å²) in [5, 5.41) is 21.3. The Labute approximate surface area is 124 Å². The van der Waals surface area contributed by atoms with Crippen molar-refractivity contribution in [3.63, 3.8) is 0 Å². The number of hydrogen-bond donors (Lipinski definition) is 1. The van der Waals surface area contributed by atoms with Crippen LogP contribution in [0, 0.1) is 22.7 Å². The van der Waals surface area contributed by atoms with Crippen LogP contribution in [-0.2, 0) is 19.4 Å². The van der Waals surface area contributed by atoms with Gasteiger partial charge in [-0.1, -0.05) is 18.2 Å². The normalized spacial score (nSPS) is 12.3. The minimum atomic E-state index is 0.413. The van der Waals surface area contributed by atoms with Crippen molar-refractivity contribution >= 4 is 5.69 Å². The zero-order valence-corrected chi connectivity index (χ0v) is 11.7. The van der Waals surface area contributed by atoms with Crippen LogP contribution in [0.4, 0.5) is 5.69 Å². The molecule has 3 heteroatoms. The lowest BCUT2D eigenvalue weighted by atomic mass is 10.1. The Morgan fingerprint density at radius 3 is 2.52 bits per heavy atom. The fourth-order valence-electron chi connectivity index (χ4n) is 2.78. The van der Waals surface area contributed by atoms with Crippen molar-refractivity contribution in [1.82, 2.24) is 0 Å². The van der Waals surface area contributed by atoms with Gasteiger partial charge in [-0.2, -0.15) is 10.5 Å². The number of benzene rings is 2. The number of rotatable bonds is 3. The minimum absolute atomic E-state index is 0.413. The second-order valence-electron chi connectivity index (χ2n) is 5.29. The van der Waals surface area contributed by atoms with Crippen molar-refractivity contribution < 1.29 is 0 Å². The van der Waals surface area contributed by atoms with E-state index in [-0.39, 0.29) is 0 Å². The quantitative estimate of drug-likeness (QED) is 0.930. The zero-order valence-electron chi connectivity index (χ0n) is 11.7. The molecule has 0 fully saturated rings. The first-order valence-electron chi connectivity index (χ1n) is 7.09. The minimum Gasteiger partial charge on any atom is -0.381 e. The Morgan fingerprint density at radius 1 is 0.905 bits per heavy atom. The van der Waals surface area contributed by atoms with Gasteiger partial charge >= 0.3 is 0 Å². The first-order chi connectivity index (χ1) is 10.3. The molecule has 0 saturated heterocycles. The van der Waals surface area contributed by atoms with Crippen molar-refractivity contribution in [3.8, 4) is 12.1 Å². The molecule has 0 amide bonds. The second-order valence-corrected chi connectivity index (χ2v) is 5.29. The molecule has 3 nitrogen and oxygen atoms in total. The lowest BCUT2D eigenvalue weighted by Crippen LogP contribution is -2.01. The van der Waals surface area contributed by atoms with Crippen LogP contribution in [0.5, 0.6) is 0 Å². The highest BCUT2D eigenvalue weighted by atomic mass is 14.9. The molecule has 1 aliphatic rings. The molecule has 0 bridgehead atoms. The van der Waals surface area contributed by atoms with Crippen LogP contribution in [0.2, 0.25) is 0 Å². The molecule has 0 saturated carbocycles. The van der Waals surface area contributed by atoms with Crippen LogP contribution < -0.4 is 5.32 Å². The maximum absolute atomic E-state index is 9.04. The average Bonchev–Trinajstić information content (AvgIpc) is 3.00. The maximum Gasteiger partial charge on any atom is 0.101 e. The number of nitrogens with zero attached hydrogens (tertiary/aromatic N) is 2. The molecule has 3 rings (SSSR count). The fraction of sp³-hybridized carbons (Fsp3) is 0.222. The van der Waals surface area contributed by atoms with Crippen molar-refractivity contribution in [2.75, 3.05) is 5.32 Å². The summed E-state index contributed by atoms with van der Waals surface area (Å²) in [5.41, 5.74) is 5.89. The first-order valence-corrected chi connectivity index (χ1v) is 7.09. The Bertz CT molecular complexity index is 763. The van der Waals surface area contributed by atoms with Gasteiger partial charge in [0.05, 0.1) is 11.1 Å². The first kappa shape index (κ1) is 13.2. The SMILES string of the molecule is N#Cc1ccc(NCc2ccc3c(c2)CCC3)cc1C#N. The van der Waals surface area contributed by atoms with E-state index in [1.54, 1.807) is 12.1 Å². The summed E-state index contributed by atoms with van der Waals surface area (Å²) in [6.45, 7) is 0.726. The molecule has 0 radical (unpaired) electrons. The summed E-state index contributed by atoms with van der Waals surface area (Å²) in [4.78, 5) is 0. The van der Waals surface area contributed by atoms with E-state index in [4.69, 9.17) is 10.5 Å². The highest BCUT2D eigenvalue weighted by Crippen LogP contribution is 2.23. The maximum atomic E-state index is 9.04. The van der Waals surface area contributed by atoms with Crippen LogP contribution in [0.15, 0.2) is 36.4 Å². The summed E-state index contributed by atoms with van der Waals surface area (Å²) in [5.74, 6) is 0. The third-order valence-corrected chi connectivity index (χ3v) is 3.92. The molecular weight excluding hydrogens is 258 g/mol. The predicted octanol–water partition coefficient (Wildman–Crippen LogP) is 3.53. The van der Waals surface area contributed by atoms with Crippen LogP contribution in [0.25, 0.3) is 0 Å². The van der Waals surface area contributed by atoms with E-state index in [2.05, 4.69) is 29.6 Å². The summed E-state index contributed by atoms with van der Waals surface area (Å²) in [6.07, 6.45) is 3.64. The largest absolute Gasteiger partial charge is 0.381 e. The summed E-state index contributed by atoms with van der Waals surface area (Å²) < 4.78 is 0. The van der Waals surface area contributed by atoms with Crippen molar-refractivity contribution in [1.29, 1.82) is 10.5 Å². The van der Waals surface area contributed by atoms with Crippen molar-refractivity contribution in [3.05, 3.63) is 64.2 Å². The Hall–Kier alpha value is -2.78. The van der Waals surface area contributed by atoms with E-state index in [1.807, 2.05) is 12.1 Å². The average molecular weight is 273 g/mol. The van der Waals surface area contributed by atoms with Crippen LogP contribution >= 0.6 is 0 Å². The summed E-state index contributed by atoms with van der Waals surface area (Å²) in [6, 6.07) is 16.0. The number of nitriles is 2. The van der Waals surface area contributed by atoms with Crippen molar-refractivity contribution in [2.24, 2.45) is 0 Å². The molecule has 1 aliphatic carbocycles. The third kappa shape index (κ3) is 2.73. The van der Waals surface area contributed by atoms with Crippen molar-refractivity contribution in [2.45, 2.75) is 25.8 Å². The molecule has 102 valence electrons. The van der Waals surface area contributed by atoms with Gasteiger partial charge in [0, 0.05) is 12.2 Å². The van der Waals surface area contributed by atoms with Gasteiger partial charge in [0.15, 0.2) is 0 Å². The standard InChI is InChI=1S/C18H15N3/c19-10-16-6-7-18(9-17(16)11-20)21-12-13-4-5-14-2-1-3-15(14)8-13/h4-9,21H,1-3,12H2. The molecule has 0 atom stereocenters. The molecule has 2 aromatic rings. The smallest absolute Gasteiger partial charge is 0.101 e. The predicted molar refractivity (Wildman–Crippen MR) is 81.7 cm³/mol. The van der Waals surface area contributed by atoms with E-state index in [9.17, 15) is 0 Å².